The average Bonchev–Trinajstić information content (AvgIpc) is 2.55. The lowest BCUT2D eigenvalue weighted by molar-refractivity contribution is -0.114. The summed E-state index contributed by atoms with van der Waals surface area (Å²) in [5.74, 6) is -0.118. The summed E-state index contributed by atoms with van der Waals surface area (Å²) in [6.45, 7) is 1.38. The van der Waals surface area contributed by atoms with Gasteiger partial charge in [0, 0.05) is 18.2 Å². The SMILES string of the molecule is COc1ccc(C(=O)Nc2ccc(C#N)cc2)cc1NC(C)=O. The van der Waals surface area contributed by atoms with E-state index in [-0.39, 0.29) is 11.8 Å². The maximum atomic E-state index is 12.3. The highest BCUT2D eigenvalue weighted by Crippen LogP contribution is 2.26. The monoisotopic (exact) mass is 309 g/mol. The van der Waals surface area contributed by atoms with Gasteiger partial charge in [0.2, 0.25) is 5.91 Å². The van der Waals surface area contributed by atoms with Crippen LogP contribution in [0, 0.1) is 11.3 Å². The van der Waals surface area contributed by atoms with Gasteiger partial charge < -0.3 is 15.4 Å². The Morgan fingerprint density at radius 3 is 2.35 bits per heavy atom. The van der Waals surface area contributed by atoms with Crippen molar-refractivity contribution in [3.8, 4) is 11.8 Å². The van der Waals surface area contributed by atoms with Crippen LogP contribution >= 0.6 is 0 Å². The normalized spacial score (nSPS) is 9.61. The Balaban J connectivity index is 2.21. The van der Waals surface area contributed by atoms with Gasteiger partial charge in [0.15, 0.2) is 0 Å². The molecule has 0 fully saturated rings. The van der Waals surface area contributed by atoms with Crippen LogP contribution in [0.3, 0.4) is 0 Å². The van der Waals surface area contributed by atoms with Gasteiger partial charge in [0.05, 0.1) is 24.4 Å². The number of nitriles is 1. The third kappa shape index (κ3) is 4.08. The molecule has 0 spiro atoms. The number of amides is 2. The maximum Gasteiger partial charge on any atom is 0.255 e. The third-order valence-corrected chi connectivity index (χ3v) is 3.04. The Kier molecular flexibility index (Phi) is 4.95. The molecule has 6 nitrogen and oxygen atoms in total. The number of benzene rings is 2. The first-order valence-corrected chi connectivity index (χ1v) is 6.80. The molecule has 0 bridgehead atoms. The first kappa shape index (κ1) is 16.0. The van der Waals surface area contributed by atoms with Gasteiger partial charge in [-0.3, -0.25) is 9.59 Å². The topological polar surface area (TPSA) is 91.2 Å². The highest BCUT2D eigenvalue weighted by molar-refractivity contribution is 6.05. The lowest BCUT2D eigenvalue weighted by Crippen LogP contribution is -2.13. The zero-order chi connectivity index (χ0) is 16.8. The molecule has 2 N–H and O–H groups in total. The molecule has 0 heterocycles. The molecule has 0 saturated heterocycles. The van der Waals surface area contributed by atoms with E-state index in [2.05, 4.69) is 10.6 Å². The van der Waals surface area contributed by atoms with Gasteiger partial charge in [-0.05, 0) is 42.5 Å². The van der Waals surface area contributed by atoms with Crippen LogP contribution in [0.25, 0.3) is 0 Å². The summed E-state index contributed by atoms with van der Waals surface area (Å²) in [5, 5.41) is 14.1. The maximum absolute atomic E-state index is 12.3. The number of methoxy groups -OCH3 is 1. The summed E-state index contributed by atoms with van der Waals surface area (Å²) >= 11 is 0. The molecule has 0 aromatic heterocycles. The molecule has 2 aromatic carbocycles. The van der Waals surface area contributed by atoms with Crippen molar-refractivity contribution in [2.24, 2.45) is 0 Å². The molecule has 0 radical (unpaired) electrons. The number of ether oxygens (including phenoxy) is 1. The Bertz CT molecular complexity index is 777. The molecule has 0 aliphatic carbocycles. The predicted octanol–water partition coefficient (Wildman–Crippen LogP) is 2.78. The Morgan fingerprint density at radius 2 is 1.78 bits per heavy atom. The molecule has 2 amide bonds. The van der Waals surface area contributed by atoms with Gasteiger partial charge in [0.25, 0.3) is 5.91 Å². The van der Waals surface area contributed by atoms with Crippen LogP contribution in [0.4, 0.5) is 11.4 Å². The first-order chi connectivity index (χ1) is 11.0. The largest absolute Gasteiger partial charge is 0.495 e. The fraction of sp³-hybridized carbons (Fsp3) is 0.118. The average molecular weight is 309 g/mol. The Labute approximate surface area is 133 Å². The van der Waals surface area contributed by atoms with Crippen LogP contribution in [0.2, 0.25) is 0 Å². The zero-order valence-electron chi connectivity index (χ0n) is 12.7. The van der Waals surface area contributed by atoms with Crippen LogP contribution in [-0.2, 0) is 4.79 Å². The van der Waals surface area contributed by atoms with Crippen molar-refractivity contribution >= 4 is 23.2 Å². The van der Waals surface area contributed by atoms with E-state index in [0.717, 1.165) is 0 Å². The van der Waals surface area contributed by atoms with Crippen LogP contribution < -0.4 is 15.4 Å². The number of carbonyl (C=O) groups is 2. The minimum Gasteiger partial charge on any atom is -0.495 e. The summed E-state index contributed by atoms with van der Waals surface area (Å²) in [5.41, 5.74) is 1.89. The lowest BCUT2D eigenvalue weighted by Gasteiger charge is -2.11. The molecule has 6 heteroatoms. The highest BCUT2D eigenvalue weighted by atomic mass is 16.5. The van der Waals surface area contributed by atoms with Crippen molar-refractivity contribution in [3.05, 3.63) is 53.6 Å². The smallest absolute Gasteiger partial charge is 0.255 e. The second kappa shape index (κ2) is 7.09. The van der Waals surface area contributed by atoms with E-state index in [4.69, 9.17) is 10.00 Å². The number of nitrogens with one attached hydrogen (secondary N) is 2. The summed E-state index contributed by atoms with van der Waals surface area (Å²) in [4.78, 5) is 23.5. The second-order valence-corrected chi connectivity index (χ2v) is 4.74. The first-order valence-electron chi connectivity index (χ1n) is 6.80. The fourth-order valence-electron chi connectivity index (χ4n) is 1.97. The molecule has 0 aliphatic heterocycles. The molecule has 0 aliphatic rings. The molecule has 2 rings (SSSR count). The number of hydrogen-bond acceptors (Lipinski definition) is 4. The van der Waals surface area contributed by atoms with Crippen molar-refractivity contribution in [1.82, 2.24) is 0 Å². The molecular weight excluding hydrogens is 294 g/mol. The molecule has 23 heavy (non-hydrogen) atoms. The van der Waals surface area contributed by atoms with Gasteiger partial charge in [-0.15, -0.1) is 0 Å². The Morgan fingerprint density at radius 1 is 1.09 bits per heavy atom. The zero-order valence-corrected chi connectivity index (χ0v) is 12.7. The Hall–Kier alpha value is -3.33. The van der Waals surface area contributed by atoms with E-state index in [0.29, 0.717) is 28.3 Å². The lowest BCUT2D eigenvalue weighted by atomic mass is 10.1. The van der Waals surface area contributed by atoms with Crippen LogP contribution in [0.15, 0.2) is 42.5 Å². The number of carbonyl (C=O) groups excluding carboxylic acids is 2. The van der Waals surface area contributed by atoms with Crippen molar-refractivity contribution in [2.75, 3.05) is 17.7 Å². The fourth-order valence-corrected chi connectivity index (χ4v) is 1.97. The third-order valence-electron chi connectivity index (χ3n) is 3.04. The molecular formula is C17H15N3O3. The van der Waals surface area contributed by atoms with Gasteiger partial charge in [0.1, 0.15) is 5.75 Å². The number of rotatable bonds is 4. The van der Waals surface area contributed by atoms with Crippen molar-refractivity contribution in [1.29, 1.82) is 5.26 Å². The van der Waals surface area contributed by atoms with Crippen molar-refractivity contribution in [2.45, 2.75) is 6.92 Å². The molecule has 0 atom stereocenters. The van der Waals surface area contributed by atoms with E-state index >= 15 is 0 Å². The number of anilines is 2. The minimum atomic E-state index is -0.330. The molecule has 0 saturated carbocycles. The van der Waals surface area contributed by atoms with E-state index < -0.39 is 0 Å². The van der Waals surface area contributed by atoms with Gasteiger partial charge in [-0.2, -0.15) is 5.26 Å². The van der Waals surface area contributed by atoms with E-state index in [1.807, 2.05) is 6.07 Å². The van der Waals surface area contributed by atoms with Gasteiger partial charge >= 0.3 is 0 Å². The van der Waals surface area contributed by atoms with Crippen LogP contribution in [-0.4, -0.2) is 18.9 Å². The van der Waals surface area contributed by atoms with Crippen molar-refractivity contribution < 1.29 is 14.3 Å². The van der Waals surface area contributed by atoms with Gasteiger partial charge in [-0.25, -0.2) is 0 Å². The summed E-state index contributed by atoms with van der Waals surface area (Å²) in [7, 11) is 1.48. The number of hydrogen-bond donors (Lipinski definition) is 2. The van der Waals surface area contributed by atoms with Crippen molar-refractivity contribution in [3.63, 3.8) is 0 Å². The van der Waals surface area contributed by atoms with Crippen LogP contribution in [0.5, 0.6) is 5.75 Å². The minimum absolute atomic E-state index is 0.257. The van der Waals surface area contributed by atoms with Gasteiger partial charge in [-0.1, -0.05) is 0 Å². The quantitative estimate of drug-likeness (QED) is 0.908. The standard InChI is InChI=1S/C17H15N3O3/c1-11(21)19-15-9-13(5-8-16(15)23-2)17(22)20-14-6-3-12(10-18)4-7-14/h3-9H,1-2H3,(H,19,21)(H,20,22). The van der Waals surface area contributed by atoms with E-state index in [1.54, 1.807) is 42.5 Å². The molecule has 0 unspecified atom stereocenters. The van der Waals surface area contributed by atoms with Crippen LogP contribution in [0.1, 0.15) is 22.8 Å². The predicted molar refractivity (Wildman–Crippen MR) is 86.4 cm³/mol. The summed E-state index contributed by atoms with van der Waals surface area (Å²) in [6.07, 6.45) is 0. The second-order valence-electron chi connectivity index (χ2n) is 4.74. The van der Waals surface area contributed by atoms with E-state index in [1.165, 1.54) is 14.0 Å². The molecule has 116 valence electrons. The molecule has 2 aromatic rings. The summed E-state index contributed by atoms with van der Waals surface area (Å²) in [6, 6.07) is 13.3. The highest BCUT2D eigenvalue weighted by Gasteiger charge is 2.11. The summed E-state index contributed by atoms with van der Waals surface area (Å²) < 4.78 is 5.15. The van der Waals surface area contributed by atoms with E-state index in [9.17, 15) is 9.59 Å². The number of nitrogens with zero attached hydrogens (tertiary/aromatic N) is 1.